The molecule has 5 rings (SSSR count). The summed E-state index contributed by atoms with van der Waals surface area (Å²) in [5, 5.41) is 14.5. The average molecular weight is 354 g/mol. The number of pyridine rings is 1. The van der Waals surface area contributed by atoms with Crippen molar-refractivity contribution in [3.05, 3.63) is 66.5 Å². The summed E-state index contributed by atoms with van der Waals surface area (Å²) in [6, 6.07) is 17.1. The Morgan fingerprint density at radius 2 is 2.11 bits per heavy atom. The third-order valence-electron chi connectivity index (χ3n) is 5.70. The molecule has 0 unspecified atom stereocenters. The second kappa shape index (κ2) is 6.32. The summed E-state index contributed by atoms with van der Waals surface area (Å²) in [5.41, 5.74) is 6.18. The Hall–Kier alpha value is -2.98. The molecule has 0 bridgehead atoms. The third-order valence-corrected chi connectivity index (χ3v) is 5.70. The van der Waals surface area contributed by atoms with E-state index in [0.29, 0.717) is 5.71 Å². The summed E-state index contributed by atoms with van der Waals surface area (Å²) in [4.78, 5) is 4.59. The van der Waals surface area contributed by atoms with Crippen molar-refractivity contribution in [3.8, 4) is 11.1 Å². The topological polar surface area (TPSA) is 53.7 Å². The summed E-state index contributed by atoms with van der Waals surface area (Å²) in [7, 11) is 2.07. The fourth-order valence-electron chi connectivity index (χ4n) is 4.14. The maximum absolute atomic E-state index is 8.73. The van der Waals surface area contributed by atoms with E-state index in [0.717, 1.165) is 41.5 Å². The molecule has 3 heterocycles. The van der Waals surface area contributed by atoms with Crippen molar-refractivity contribution in [2.75, 3.05) is 13.1 Å². The predicted octanol–water partition coefficient (Wildman–Crippen LogP) is 4.37. The van der Waals surface area contributed by atoms with E-state index in [-0.39, 0.29) is 5.92 Å². The number of aromatic nitrogens is 2. The lowest BCUT2D eigenvalue weighted by atomic mass is 9.91. The van der Waals surface area contributed by atoms with Gasteiger partial charge in [-0.15, -0.1) is 0 Å². The maximum Gasteiger partial charge on any atom is 0.0714 e. The van der Waals surface area contributed by atoms with Gasteiger partial charge in [-0.3, -0.25) is 4.98 Å². The van der Waals surface area contributed by atoms with E-state index in [1.54, 1.807) is 0 Å². The molecular formula is C23H22N4. The van der Waals surface area contributed by atoms with Crippen LogP contribution in [-0.4, -0.2) is 28.4 Å². The average Bonchev–Trinajstić information content (AvgIpc) is 3.37. The lowest BCUT2D eigenvalue weighted by Gasteiger charge is -2.15. The van der Waals surface area contributed by atoms with Crippen LogP contribution >= 0.6 is 0 Å². The molecular weight excluding hydrogens is 332 g/mol. The SMILES string of the molecule is Cn1ccc2ccc(-c3cc(C(=N)[C@H]4CCNC4)cc4ncccc34)cc21. The highest BCUT2D eigenvalue weighted by molar-refractivity contribution is 6.07. The summed E-state index contributed by atoms with van der Waals surface area (Å²) >= 11 is 0. The molecule has 1 atom stereocenters. The Balaban J connectivity index is 1.71. The monoisotopic (exact) mass is 354 g/mol. The summed E-state index contributed by atoms with van der Waals surface area (Å²) in [6.45, 7) is 1.89. The molecule has 1 fully saturated rings. The van der Waals surface area contributed by atoms with E-state index in [9.17, 15) is 0 Å². The minimum Gasteiger partial charge on any atom is -0.351 e. The van der Waals surface area contributed by atoms with Gasteiger partial charge in [-0.2, -0.15) is 0 Å². The highest BCUT2D eigenvalue weighted by atomic mass is 14.9. The number of nitrogens with zero attached hydrogens (tertiary/aromatic N) is 2. The van der Waals surface area contributed by atoms with Gasteiger partial charge >= 0.3 is 0 Å². The molecule has 0 amide bonds. The van der Waals surface area contributed by atoms with Crippen molar-refractivity contribution in [2.45, 2.75) is 6.42 Å². The van der Waals surface area contributed by atoms with E-state index >= 15 is 0 Å². The van der Waals surface area contributed by atoms with Crippen LogP contribution in [0.2, 0.25) is 0 Å². The van der Waals surface area contributed by atoms with Crippen molar-refractivity contribution in [2.24, 2.45) is 13.0 Å². The van der Waals surface area contributed by atoms with Gasteiger partial charge in [0.05, 0.1) is 5.52 Å². The van der Waals surface area contributed by atoms with Crippen LogP contribution in [0.25, 0.3) is 32.9 Å². The van der Waals surface area contributed by atoms with Gasteiger partial charge in [0.1, 0.15) is 0 Å². The van der Waals surface area contributed by atoms with E-state index in [4.69, 9.17) is 5.41 Å². The summed E-state index contributed by atoms with van der Waals surface area (Å²) < 4.78 is 2.15. The van der Waals surface area contributed by atoms with Gasteiger partial charge in [-0.25, -0.2) is 0 Å². The molecule has 0 saturated carbocycles. The van der Waals surface area contributed by atoms with Crippen molar-refractivity contribution in [3.63, 3.8) is 0 Å². The van der Waals surface area contributed by atoms with Crippen LogP contribution in [0.1, 0.15) is 12.0 Å². The number of benzene rings is 2. The molecule has 1 aliphatic rings. The number of fused-ring (bicyclic) bond motifs is 2. The van der Waals surface area contributed by atoms with Crippen molar-refractivity contribution < 1.29 is 0 Å². The first-order chi connectivity index (χ1) is 13.2. The Morgan fingerprint density at radius 1 is 1.19 bits per heavy atom. The lowest BCUT2D eigenvalue weighted by Crippen LogP contribution is -2.18. The normalized spacial score (nSPS) is 17.0. The minimum atomic E-state index is 0.286. The van der Waals surface area contributed by atoms with Crippen LogP contribution in [0.5, 0.6) is 0 Å². The van der Waals surface area contributed by atoms with Gasteiger partial charge in [0.15, 0.2) is 0 Å². The van der Waals surface area contributed by atoms with Crippen LogP contribution < -0.4 is 5.32 Å². The minimum absolute atomic E-state index is 0.286. The van der Waals surface area contributed by atoms with Gasteiger partial charge in [-0.05, 0) is 65.4 Å². The van der Waals surface area contributed by atoms with Crippen molar-refractivity contribution in [1.82, 2.24) is 14.9 Å². The molecule has 27 heavy (non-hydrogen) atoms. The zero-order chi connectivity index (χ0) is 18.4. The number of aryl methyl sites for hydroxylation is 1. The van der Waals surface area contributed by atoms with Crippen LogP contribution in [0.15, 0.2) is 60.9 Å². The highest BCUT2D eigenvalue weighted by Gasteiger charge is 2.21. The van der Waals surface area contributed by atoms with E-state index in [1.807, 2.05) is 12.3 Å². The number of hydrogen-bond acceptors (Lipinski definition) is 3. The van der Waals surface area contributed by atoms with Crippen LogP contribution in [-0.2, 0) is 7.05 Å². The maximum atomic E-state index is 8.73. The fourth-order valence-corrected chi connectivity index (χ4v) is 4.14. The standard InChI is InChI=1S/C23H22N4/c1-27-10-7-15-4-5-16(13-22(15)27)20-11-18(23(24)17-6-9-25-14-17)12-21-19(20)3-2-8-26-21/h2-5,7-8,10-13,17,24-25H,6,9,14H2,1H3/t17-/m0/s1. The van der Waals surface area contributed by atoms with E-state index in [1.165, 1.54) is 16.5 Å². The number of nitrogens with one attached hydrogen (secondary N) is 2. The quantitative estimate of drug-likeness (QED) is 0.537. The van der Waals surface area contributed by atoms with Gasteiger partial charge < -0.3 is 15.3 Å². The van der Waals surface area contributed by atoms with Crippen molar-refractivity contribution >= 4 is 27.5 Å². The zero-order valence-electron chi connectivity index (χ0n) is 15.4. The molecule has 1 saturated heterocycles. The molecule has 4 aromatic rings. The number of rotatable bonds is 3. The molecule has 0 aliphatic carbocycles. The zero-order valence-corrected chi connectivity index (χ0v) is 15.4. The molecule has 2 aromatic carbocycles. The lowest BCUT2D eigenvalue weighted by molar-refractivity contribution is 0.767. The Labute approximate surface area is 158 Å². The van der Waals surface area contributed by atoms with Gasteiger partial charge in [0.25, 0.3) is 0 Å². The second-order valence-corrected chi connectivity index (χ2v) is 7.40. The molecule has 1 aliphatic heterocycles. The molecule has 134 valence electrons. The van der Waals surface area contributed by atoms with Gasteiger partial charge in [0.2, 0.25) is 0 Å². The fraction of sp³-hybridized carbons (Fsp3) is 0.217. The van der Waals surface area contributed by atoms with Crippen molar-refractivity contribution in [1.29, 1.82) is 5.41 Å². The smallest absolute Gasteiger partial charge is 0.0714 e. The summed E-state index contributed by atoms with van der Waals surface area (Å²) in [5.74, 6) is 0.286. The van der Waals surface area contributed by atoms with Crippen LogP contribution in [0.3, 0.4) is 0 Å². The van der Waals surface area contributed by atoms with E-state index < -0.39 is 0 Å². The predicted molar refractivity (Wildman–Crippen MR) is 111 cm³/mol. The Morgan fingerprint density at radius 3 is 2.96 bits per heavy atom. The Kier molecular flexibility index (Phi) is 3.80. The molecule has 4 nitrogen and oxygen atoms in total. The molecule has 2 N–H and O–H groups in total. The van der Waals surface area contributed by atoms with E-state index in [2.05, 4.69) is 70.6 Å². The van der Waals surface area contributed by atoms with Crippen LogP contribution in [0, 0.1) is 11.3 Å². The first-order valence-corrected chi connectivity index (χ1v) is 9.44. The summed E-state index contributed by atoms with van der Waals surface area (Å²) in [6.07, 6.45) is 4.95. The largest absolute Gasteiger partial charge is 0.351 e. The number of hydrogen-bond donors (Lipinski definition) is 2. The van der Waals surface area contributed by atoms with Gasteiger partial charge in [-0.1, -0.05) is 18.2 Å². The first-order valence-electron chi connectivity index (χ1n) is 9.44. The third kappa shape index (κ3) is 2.73. The first kappa shape index (κ1) is 16.2. The second-order valence-electron chi connectivity index (χ2n) is 7.40. The molecule has 4 heteroatoms. The molecule has 0 spiro atoms. The highest BCUT2D eigenvalue weighted by Crippen LogP contribution is 2.32. The Bertz CT molecular complexity index is 1170. The molecule has 2 aromatic heterocycles. The van der Waals surface area contributed by atoms with Crippen LogP contribution in [0.4, 0.5) is 0 Å². The molecule has 0 radical (unpaired) electrons. The van der Waals surface area contributed by atoms with Gasteiger partial charge in [0, 0.05) is 48.5 Å².